The molecular weight excluding hydrogens is 282 g/mol. The zero-order valence-electron chi connectivity index (χ0n) is 13.7. The minimum atomic E-state index is 0.784. The molecule has 0 radical (unpaired) electrons. The number of thiocarbonyl (C=S) groups is 1. The summed E-state index contributed by atoms with van der Waals surface area (Å²) in [5, 5.41) is 0. The van der Waals surface area contributed by atoms with E-state index in [9.17, 15) is 0 Å². The van der Waals surface area contributed by atoms with Crippen molar-refractivity contribution in [1.29, 1.82) is 0 Å². The molecule has 0 rings (SSSR count). The van der Waals surface area contributed by atoms with Crippen molar-refractivity contribution in [2.45, 2.75) is 90.9 Å². The van der Waals surface area contributed by atoms with Crippen molar-refractivity contribution in [3.05, 3.63) is 0 Å². The Balaban J connectivity index is 3.53. The molecule has 20 heavy (non-hydrogen) atoms. The summed E-state index contributed by atoms with van der Waals surface area (Å²) in [6, 6.07) is 0. The standard InChI is InChI=1S/C17H35NS2/c1-3-5-7-9-11-13-15-18(17(19)20)16-14-12-10-8-6-4-2/h3-16H2,1-2H3,(H,19,20). The van der Waals surface area contributed by atoms with E-state index in [-0.39, 0.29) is 0 Å². The summed E-state index contributed by atoms with van der Waals surface area (Å²) in [6.07, 6.45) is 16.1. The fourth-order valence-corrected chi connectivity index (χ4v) is 2.85. The van der Waals surface area contributed by atoms with E-state index in [4.69, 9.17) is 12.2 Å². The molecule has 0 spiro atoms. The molecule has 0 saturated heterocycles. The fraction of sp³-hybridized carbons (Fsp3) is 0.941. The van der Waals surface area contributed by atoms with Gasteiger partial charge in [-0.3, -0.25) is 0 Å². The molecule has 0 aliphatic heterocycles. The van der Waals surface area contributed by atoms with Crippen LogP contribution in [-0.2, 0) is 0 Å². The molecule has 0 bridgehead atoms. The highest BCUT2D eigenvalue weighted by atomic mass is 32.1. The summed E-state index contributed by atoms with van der Waals surface area (Å²) < 4.78 is 0.784. The summed E-state index contributed by atoms with van der Waals surface area (Å²) >= 11 is 9.61. The molecule has 3 heteroatoms. The second-order valence-electron chi connectivity index (χ2n) is 5.81. The largest absolute Gasteiger partial charge is 0.358 e. The average Bonchev–Trinajstić information content (AvgIpc) is 2.43. The molecule has 0 unspecified atom stereocenters. The molecular formula is C17H35NS2. The first-order valence-corrected chi connectivity index (χ1v) is 9.55. The lowest BCUT2D eigenvalue weighted by Gasteiger charge is -2.22. The predicted molar refractivity (Wildman–Crippen MR) is 99.9 cm³/mol. The van der Waals surface area contributed by atoms with Gasteiger partial charge < -0.3 is 4.90 Å². The first kappa shape index (κ1) is 20.2. The summed E-state index contributed by atoms with van der Waals surface area (Å²) in [5.74, 6) is 0. The molecule has 0 N–H and O–H groups in total. The number of unbranched alkanes of at least 4 members (excludes halogenated alkanes) is 10. The lowest BCUT2D eigenvalue weighted by molar-refractivity contribution is 0.395. The zero-order chi connectivity index (χ0) is 15.1. The number of thiol groups is 1. The van der Waals surface area contributed by atoms with E-state index in [0.29, 0.717) is 0 Å². The molecule has 0 fully saturated rings. The Hall–Kier alpha value is 0.240. The molecule has 0 aliphatic carbocycles. The van der Waals surface area contributed by atoms with Crippen molar-refractivity contribution in [3.63, 3.8) is 0 Å². The third kappa shape index (κ3) is 13.2. The minimum absolute atomic E-state index is 0.784. The number of hydrogen-bond donors (Lipinski definition) is 1. The van der Waals surface area contributed by atoms with Crippen LogP contribution >= 0.6 is 24.8 Å². The van der Waals surface area contributed by atoms with Gasteiger partial charge >= 0.3 is 0 Å². The van der Waals surface area contributed by atoms with Crippen molar-refractivity contribution >= 4 is 29.2 Å². The smallest absolute Gasteiger partial charge is 0.133 e. The highest BCUT2D eigenvalue weighted by Crippen LogP contribution is 2.10. The van der Waals surface area contributed by atoms with Gasteiger partial charge in [0.1, 0.15) is 4.32 Å². The van der Waals surface area contributed by atoms with Crippen molar-refractivity contribution in [3.8, 4) is 0 Å². The van der Waals surface area contributed by atoms with Gasteiger partial charge in [-0.25, -0.2) is 0 Å². The zero-order valence-corrected chi connectivity index (χ0v) is 15.4. The normalized spacial score (nSPS) is 10.8. The number of rotatable bonds is 14. The van der Waals surface area contributed by atoms with E-state index in [2.05, 4.69) is 31.4 Å². The van der Waals surface area contributed by atoms with Crippen LogP contribution in [0.1, 0.15) is 90.9 Å². The van der Waals surface area contributed by atoms with Gasteiger partial charge in [-0.05, 0) is 12.8 Å². The Kier molecular flexibility index (Phi) is 15.8. The van der Waals surface area contributed by atoms with Crippen LogP contribution in [0.2, 0.25) is 0 Å². The molecule has 0 aromatic carbocycles. The number of hydrogen-bond acceptors (Lipinski definition) is 1. The predicted octanol–water partition coefficient (Wildman–Crippen LogP) is 6.22. The fourth-order valence-electron chi connectivity index (χ4n) is 2.47. The van der Waals surface area contributed by atoms with Crippen molar-refractivity contribution in [1.82, 2.24) is 4.90 Å². The summed E-state index contributed by atoms with van der Waals surface area (Å²) in [7, 11) is 0. The molecule has 0 heterocycles. The van der Waals surface area contributed by atoms with E-state index in [1.54, 1.807) is 0 Å². The SMILES string of the molecule is CCCCCCCCN(CCCCCCCC)C(=S)S. The third-order valence-corrected chi connectivity index (χ3v) is 4.37. The van der Waals surface area contributed by atoms with Crippen LogP contribution in [0.5, 0.6) is 0 Å². The monoisotopic (exact) mass is 317 g/mol. The van der Waals surface area contributed by atoms with Crippen molar-refractivity contribution in [2.75, 3.05) is 13.1 Å². The van der Waals surface area contributed by atoms with E-state index in [1.807, 2.05) is 0 Å². The molecule has 0 aliphatic rings. The molecule has 1 nitrogen and oxygen atoms in total. The van der Waals surface area contributed by atoms with Gasteiger partial charge in [0.25, 0.3) is 0 Å². The van der Waals surface area contributed by atoms with E-state index < -0.39 is 0 Å². The van der Waals surface area contributed by atoms with Gasteiger partial charge in [-0.15, -0.1) is 12.6 Å². The van der Waals surface area contributed by atoms with Gasteiger partial charge in [0, 0.05) is 13.1 Å². The maximum Gasteiger partial charge on any atom is 0.133 e. The summed E-state index contributed by atoms with van der Waals surface area (Å²) in [6.45, 7) is 6.73. The van der Waals surface area contributed by atoms with Gasteiger partial charge in [0.05, 0.1) is 0 Å². The molecule has 0 saturated carbocycles. The average molecular weight is 318 g/mol. The van der Waals surface area contributed by atoms with E-state index in [0.717, 1.165) is 17.4 Å². The molecule has 0 aromatic heterocycles. The van der Waals surface area contributed by atoms with Crippen LogP contribution in [0, 0.1) is 0 Å². The second-order valence-corrected chi connectivity index (χ2v) is 6.92. The van der Waals surface area contributed by atoms with Crippen LogP contribution in [0.4, 0.5) is 0 Å². The lowest BCUT2D eigenvalue weighted by atomic mass is 10.1. The summed E-state index contributed by atoms with van der Waals surface area (Å²) in [4.78, 5) is 2.29. The van der Waals surface area contributed by atoms with Crippen LogP contribution in [0.15, 0.2) is 0 Å². The van der Waals surface area contributed by atoms with Crippen molar-refractivity contribution < 1.29 is 0 Å². The topological polar surface area (TPSA) is 3.24 Å². The third-order valence-electron chi connectivity index (χ3n) is 3.83. The van der Waals surface area contributed by atoms with Gasteiger partial charge in [-0.2, -0.15) is 0 Å². The molecule has 0 atom stereocenters. The highest BCUT2D eigenvalue weighted by Gasteiger charge is 2.05. The van der Waals surface area contributed by atoms with Crippen LogP contribution in [0.25, 0.3) is 0 Å². The van der Waals surface area contributed by atoms with Gasteiger partial charge in [-0.1, -0.05) is 90.3 Å². The Morgan fingerprint density at radius 3 is 1.40 bits per heavy atom. The summed E-state index contributed by atoms with van der Waals surface area (Å²) in [5.41, 5.74) is 0. The Labute approximate surface area is 138 Å². The number of nitrogens with zero attached hydrogens (tertiary/aromatic N) is 1. The Bertz CT molecular complexity index is 203. The second kappa shape index (κ2) is 15.6. The Morgan fingerprint density at radius 1 is 0.700 bits per heavy atom. The molecule has 120 valence electrons. The Morgan fingerprint density at radius 2 is 1.05 bits per heavy atom. The van der Waals surface area contributed by atoms with Gasteiger partial charge in [0.15, 0.2) is 0 Å². The van der Waals surface area contributed by atoms with E-state index in [1.165, 1.54) is 77.0 Å². The maximum atomic E-state index is 5.25. The minimum Gasteiger partial charge on any atom is -0.358 e. The van der Waals surface area contributed by atoms with Crippen molar-refractivity contribution in [2.24, 2.45) is 0 Å². The van der Waals surface area contributed by atoms with Crippen LogP contribution < -0.4 is 0 Å². The maximum absolute atomic E-state index is 5.25. The van der Waals surface area contributed by atoms with Crippen LogP contribution in [0.3, 0.4) is 0 Å². The first-order valence-electron chi connectivity index (χ1n) is 8.70. The highest BCUT2D eigenvalue weighted by molar-refractivity contribution is 8.10. The molecule has 0 amide bonds. The first-order chi connectivity index (χ1) is 9.72. The lowest BCUT2D eigenvalue weighted by Crippen LogP contribution is -2.28. The van der Waals surface area contributed by atoms with E-state index >= 15 is 0 Å². The van der Waals surface area contributed by atoms with Crippen LogP contribution in [-0.4, -0.2) is 22.3 Å². The molecule has 0 aromatic rings. The van der Waals surface area contributed by atoms with Gasteiger partial charge in [0.2, 0.25) is 0 Å². The quantitative estimate of drug-likeness (QED) is 0.230.